The van der Waals surface area contributed by atoms with Gasteiger partial charge >= 0.3 is 6.03 Å². The highest BCUT2D eigenvalue weighted by atomic mass is 16.3. The molecule has 22 heavy (non-hydrogen) atoms. The van der Waals surface area contributed by atoms with Crippen LogP contribution in [0.15, 0.2) is 18.2 Å². The molecule has 0 saturated carbocycles. The van der Waals surface area contributed by atoms with Crippen molar-refractivity contribution in [2.75, 3.05) is 25.0 Å². The van der Waals surface area contributed by atoms with E-state index in [0.717, 1.165) is 18.4 Å². The average Bonchev–Trinajstić information content (AvgIpc) is 2.47. The molecular formula is C17H24N2O3. The molecule has 1 heterocycles. The van der Waals surface area contributed by atoms with Gasteiger partial charge in [0.2, 0.25) is 0 Å². The van der Waals surface area contributed by atoms with E-state index in [9.17, 15) is 14.7 Å². The lowest BCUT2D eigenvalue weighted by Gasteiger charge is -2.39. The minimum absolute atomic E-state index is 0.0186. The summed E-state index contributed by atoms with van der Waals surface area (Å²) < 4.78 is 0. The number of aliphatic hydroxyl groups excluding tert-OH is 1. The Labute approximate surface area is 131 Å². The van der Waals surface area contributed by atoms with Gasteiger partial charge in [-0.1, -0.05) is 6.92 Å². The topological polar surface area (TPSA) is 69.6 Å². The molecule has 1 saturated heterocycles. The molecule has 2 N–H and O–H groups in total. The van der Waals surface area contributed by atoms with Crippen LogP contribution >= 0.6 is 0 Å². The lowest BCUT2D eigenvalue weighted by atomic mass is 9.83. The van der Waals surface area contributed by atoms with Gasteiger partial charge in [-0.2, -0.15) is 0 Å². The van der Waals surface area contributed by atoms with Crippen molar-refractivity contribution in [2.24, 2.45) is 5.41 Å². The number of likely N-dealkylation sites (tertiary alicyclic amines) is 1. The third kappa shape index (κ3) is 3.65. The molecule has 1 aromatic rings. The molecule has 1 atom stereocenters. The highest BCUT2D eigenvalue weighted by Crippen LogP contribution is 2.29. The Bertz CT molecular complexity index is 585. The highest BCUT2D eigenvalue weighted by molar-refractivity contribution is 5.96. The molecule has 0 spiro atoms. The molecule has 1 aromatic carbocycles. The fraction of sp³-hybridized carbons (Fsp3) is 0.529. The number of aryl methyl sites for hydroxylation is 1. The lowest BCUT2D eigenvalue weighted by molar-refractivity contribution is 0.0648. The molecule has 120 valence electrons. The van der Waals surface area contributed by atoms with E-state index in [2.05, 4.69) is 5.32 Å². The molecule has 1 unspecified atom stereocenters. The third-order valence-electron chi connectivity index (χ3n) is 4.31. The molecule has 1 aliphatic rings. The maximum atomic E-state index is 12.4. The molecule has 5 nitrogen and oxygen atoms in total. The Morgan fingerprint density at radius 2 is 2.14 bits per heavy atom. The van der Waals surface area contributed by atoms with Crippen LogP contribution in [0.5, 0.6) is 0 Å². The smallest absolute Gasteiger partial charge is 0.321 e. The molecular weight excluding hydrogens is 280 g/mol. The molecule has 1 aliphatic heterocycles. The molecule has 5 heteroatoms. The van der Waals surface area contributed by atoms with Gasteiger partial charge < -0.3 is 15.3 Å². The number of ketones is 1. The van der Waals surface area contributed by atoms with E-state index in [0.29, 0.717) is 24.3 Å². The zero-order valence-corrected chi connectivity index (χ0v) is 13.5. The number of aliphatic hydroxyl groups is 1. The summed E-state index contributed by atoms with van der Waals surface area (Å²) in [6.45, 7) is 6.73. The van der Waals surface area contributed by atoms with Gasteiger partial charge in [0.25, 0.3) is 0 Å². The Morgan fingerprint density at radius 3 is 2.73 bits per heavy atom. The summed E-state index contributed by atoms with van der Waals surface area (Å²) in [6, 6.07) is 5.14. The first-order valence-corrected chi connectivity index (χ1v) is 7.63. The first kappa shape index (κ1) is 16.5. The molecule has 0 aliphatic carbocycles. The van der Waals surface area contributed by atoms with Crippen molar-refractivity contribution in [2.45, 2.75) is 33.6 Å². The molecule has 0 radical (unpaired) electrons. The Kier molecular flexibility index (Phi) is 4.86. The number of nitrogens with zero attached hydrogens (tertiary/aromatic N) is 1. The van der Waals surface area contributed by atoms with Gasteiger partial charge in [-0.3, -0.25) is 4.79 Å². The number of amides is 2. The highest BCUT2D eigenvalue weighted by Gasteiger charge is 2.32. The van der Waals surface area contributed by atoms with Crippen molar-refractivity contribution >= 4 is 17.5 Å². The predicted octanol–water partition coefficient (Wildman–Crippen LogP) is 2.82. The molecule has 2 amide bonds. The van der Waals surface area contributed by atoms with Crippen LogP contribution in [0.4, 0.5) is 10.5 Å². The van der Waals surface area contributed by atoms with Crippen LogP contribution in [0.3, 0.4) is 0 Å². The van der Waals surface area contributed by atoms with Crippen LogP contribution in [0.25, 0.3) is 0 Å². The van der Waals surface area contributed by atoms with Crippen molar-refractivity contribution in [3.05, 3.63) is 29.3 Å². The number of hydrogen-bond acceptors (Lipinski definition) is 3. The number of piperidine rings is 1. The summed E-state index contributed by atoms with van der Waals surface area (Å²) in [7, 11) is 0. The monoisotopic (exact) mass is 304 g/mol. The standard InChI is InChI=1S/C17H24N2O3/c1-12-9-14(5-6-15(12)13(2)21)18-16(22)19-8-4-7-17(3,10-19)11-20/h5-6,9,20H,4,7-8,10-11H2,1-3H3,(H,18,22). The molecule has 0 aromatic heterocycles. The van der Waals surface area contributed by atoms with E-state index in [-0.39, 0.29) is 23.8 Å². The van der Waals surface area contributed by atoms with Crippen LogP contribution in [-0.4, -0.2) is 41.5 Å². The molecule has 2 rings (SSSR count). The van der Waals surface area contributed by atoms with E-state index in [1.165, 1.54) is 6.92 Å². The van der Waals surface area contributed by atoms with Crippen LogP contribution in [-0.2, 0) is 0 Å². The van der Waals surface area contributed by atoms with E-state index in [1.54, 1.807) is 17.0 Å². The van der Waals surface area contributed by atoms with Gasteiger partial charge in [-0.15, -0.1) is 0 Å². The van der Waals surface area contributed by atoms with Crippen molar-refractivity contribution in [1.29, 1.82) is 0 Å². The number of nitrogens with one attached hydrogen (secondary N) is 1. The quantitative estimate of drug-likeness (QED) is 0.844. The number of hydrogen-bond donors (Lipinski definition) is 2. The number of carbonyl (C=O) groups is 2. The summed E-state index contributed by atoms with van der Waals surface area (Å²) in [5, 5.41) is 12.3. The Morgan fingerprint density at radius 1 is 1.41 bits per heavy atom. The zero-order valence-electron chi connectivity index (χ0n) is 13.5. The van der Waals surface area contributed by atoms with Crippen molar-refractivity contribution in [3.8, 4) is 0 Å². The normalized spacial score (nSPS) is 21.5. The minimum atomic E-state index is -0.218. The summed E-state index contributed by atoms with van der Waals surface area (Å²) in [5.74, 6) is 0.0186. The van der Waals surface area contributed by atoms with Crippen molar-refractivity contribution in [3.63, 3.8) is 0 Å². The largest absolute Gasteiger partial charge is 0.396 e. The average molecular weight is 304 g/mol. The second-order valence-corrected chi connectivity index (χ2v) is 6.51. The maximum absolute atomic E-state index is 12.4. The summed E-state index contributed by atoms with van der Waals surface area (Å²) >= 11 is 0. The van der Waals surface area contributed by atoms with Crippen LogP contribution in [0.1, 0.15) is 42.6 Å². The fourth-order valence-electron chi connectivity index (χ4n) is 2.96. The Balaban J connectivity index is 2.06. The third-order valence-corrected chi connectivity index (χ3v) is 4.31. The van der Waals surface area contributed by atoms with Gasteiger partial charge in [0, 0.05) is 29.8 Å². The zero-order chi connectivity index (χ0) is 16.3. The number of urea groups is 1. The van der Waals surface area contributed by atoms with E-state index in [1.807, 2.05) is 19.9 Å². The molecule has 0 bridgehead atoms. The van der Waals surface area contributed by atoms with E-state index < -0.39 is 0 Å². The van der Waals surface area contributed by atoms with Gasteiger partial charge in [0.05, 0.1) is 6.61 Å². The number of carbonyl (C=O) groups excluding carboxylic acids is 2. The van der Waals surface area contributed by atoms with Crippen LogP contribution in [0.2, 0.25) is 0 Å². The van der Waals surface area contributed by atoms with Crippen LogP contribution < -0.4 is 5.32 Å². The predicted molar refractivity (Wildman–Crippen MR) is 86.2 cm³/mol. The summed E-state index contributed by atoms with van der Waals surface area (Å²) in [6.07, 6.45) is 1.83. The van der Waals surface area contributed by atoms with Crippen molar-refractivity contribution < 1.29 is 14.7 Å². The fourth-order valence-corrected chi connectivity index (χ4v) is 2.96. The Hall–Kier alpha value is -1.88. The van der Waals surface area contributed by atoms with Gasteiger partial charge in [0.1, 0.15) is 0 Å². The number of Topliss-reactive ketones (excluding diaryl/α,β-unsaturated/α-hetero) is 1. The second kappa shape index (κ2) is 6.48. The minimum Gasteiger partial charge on any atom is -0.396 e. The SMILES string of the molecule is CC(=O)c1ccc(NC(=O)N2CCCC(C)(CO)C2)cc1C. The van der Waals surface area contributed by atoms with E-state index in [4.69, 9.17) is 0 Å². The lowest BCUT2D eigenvalue weighted by Crippen LogP contribution is -2.48. The van der Waals surface area contributed by atoms with Crippen molar-refractivity contribution in [1.82, 2.24) is 4.90 Å². The van der Waals surface area contributed by atoms with E-state index >= 15 is 0 Å². The molecule has 1 fully saturated rings. The first-order chi connectivity index (χ1) is 10.3. The van der Waals surface area contributed by atoms with Gasteiger partial charge in [0.15, 0.2) is 5.78 Å². The summed E-state index contributed by atoms with van der Waals surface area (Å²) in [5.41, 5.74) is 1.99. The van der Waals surface area contributed by atoms with Gasteiger partial charge in [-0.05, 0) is 50.5 Å². The number of benzene rings is 1. The number of rotatable bonds is 3. The van der Waals surface area contributed by atoms with Crippen LogP contribution in [0, 0.1) is 12.3 Å². The second-order valence-electron chi connectivity index (χ2n) is 6.51. The van der Waals surface area contributed by atoms with Gasteiger partial charge in [-0.25, -0.2) is 4.79 Å². The maximum Gasteiger partial charge on any atom is 0.321 e. The summed E-state index contributed by atoms with van der Waals surface area (Å²) in [4.78, 5) is 25.5. The number of anilines is 1. The first-order valence-electron chi connectivity index (χ1n) is 7.63.